The summed E-state index contributed by atoms with van der Waals surface area (Å²) < 4.78 is 1.60. The summed E-state index contributed by atoms with van der Waals surface area (Å²) in [4.78, 5) is 36.3. The van der Waals surface area contributed by atoms with Gasteiger partial charge in [-0.25, -0.2) is 0 Å². The molecule has 19 heavy (non-hydrogen) atoms. The lowest BCUT2D eigenvalue weighted by atomic mass is 10.0. The van der Waals surface area contributed by atoms with Crippen LogP contribution in [0, 0.1) is 6.92 Å². The van der Waals surface area contributed by atoms with Gasteiger partial charge >= 0.3 is 0 Å². The number of amides is 3. The van der Waals surface area contributed by atoms with Gasteiger partial charge in [0, 0.05) is 26.2 Å². The molecular formula is C12H16N4O3. The second-order valence-electron chi connectivity index (χ2n) is 4.68. The van der Waals surface area contributed by atoms with Gasteiger partial charge in [-0.3, -0.25) is 24.4 Å². The molecule has 1 aromatic rings. The fourth-order valence-electron chi connectivity index (χ4n) is 2.04. The van der Waals surface area contributed by atoms with E-state index in [1.807, 2.05) is 6.92 Å². The van der Waals surface area contributed by atoms with Crippen molar-refractivity contribution in [3.8, 4) is 0 Å². The predicted molar refractivity (Wildman–Crippen MR) is 66.2 cm³/mol. The normalized spacial score (nSPS) is 19.2. The molecule has 0 spiro atoms. The third-order valence-electron chi connectivity index (χ3n) is 3.33. The average Bonchev–Trinajstić information content (AvgIpc) is 2.68. The van der Waals surface area contributed by atoms with Crippen molar-refractivity contribution in [3.05, 3.63) is 17.5 Å². The summed E-state index contributed by atoms with van der Waals surface area (Å²) >= 11 is 0. The van der Waals surface area contributed by atoms with Gasteiger partial charge < -0.3 is 4.90 Å². The molecule has 0 saturated carbocycles. The van der Waals surface area contributed by atoms with Crippen LogP contribution in [0.25, 0.3) is 0 Å². The first-order valence-electron chi connectivity index (χ1n) is 6.01. The first-order valence-corrected chi connectivity index (χ1v) is 6.01. The smallest absolute Gasteiger partial charge is 0.274 e. The molecule has 7 nitrogen and oxygen atoms in total. The lowest BCUT2D eigenvalue weighted by Gasteiger charge is -2.29. The number of aromatic nitrogens is 2. The Labute approximate surface area is 110 Å². The molecule has 3 amide bonds. The first kappa shape index (κ1) is 13.3. The summed E-state index contributed by atoms with van der Waals surface area (Å²) in [5.41, 5.74) is 1.16. The summed E-state index contributed by atoms with van der Waals surface area (Å²) in [6.45, 7) is 1.84. The molecule has 1 unspecified atom stereocenters. The van der Waals surface area contributed by atoms with Crippen molar-refractivity contribution in [2.75, 3.05) is 7.05 Å². The second kappa shape index (κ2) is 4.83. The van der Waals surface area contributed by atoms with Crippen molar-refractivity contribution in [2.24, 2.45) is 7.05 Å². The van der Waals surface area contributed by atoms with Crippen LogP contribution in [0.2, 0.25) is 0 Å². The van der Waals surface area contributed by atoms with Crippen LogP contribution in [-0.4, -0.2) is 45.5 Å². The van der Waals surface area contributed by atoms with Crippen LogP contribution in [0.4, 0.5) is 0 Å². The van der Waals surface area contributed by atoms with E-state index in [0.717, 1.165) is 5.69 Å². The van der Waals surface area contributed by atoms with Crippen molar-refractivity contribution in [1.82, 2.24) is 20.0 Å². The van der Waals surface area contributed by atoms with E-state index in [4.69, 9.17) is 0 Å². The number of carbonyl (C=O) groups excluding carboxylic acids is 3. The molecule has 0 bridgehead atoms. The third-order valence-corrected chi connectivity index (χ3v) is 3.33. The fourth-order valence-corrected chi connectivity index (χ4v) is 2.04. The highest BCUT2D eigenvalue weighted by Gasteiger charge is 2.33. The highest BCUT2D eigenvalue weighted by molar-refractivity contribution is 6.03. The monoisotopic (exact) mass is 264 g/mol. The number of hydrogen-bond acceptors (Lipinski definition) is 4. The molecule has 0 aromatic carbocycles. The third kappa shape index (κ3) is 2.49. The van der Waals surface area contributed by atoms with Crippen molar-refractivity contribution < 1.29 is 14.4 Å². The molecule has 1 saturated heterocycles. The Morgan fingerprint density at radius 3 is 2.74 bits per heavy atom. The standard InChI is InChI=1S/C12H16N4O3/c1-7-6-8(14-16(7)3)12(19)15(2)9-4-5-10(17)13-11(9)18/h6,9H,4-5H2,1-3H3,(H,13,17,18). The Kier molecular flexibility index (Phi) is 3.37. The maximum atomic E-state index is 12.2. The van der Waals surface area contributed by atoms with Crippen LogP contribution in [0.1, 0.15) is 29.0 Å². The van der Waals surface area contributed by atoms with Gasteiger partial charge in [0.1, 0.15) is 6.04 Å². The van der Waals surface area contributed by atoms with E-state index >= 15 is 0 Å². The number of imide groups is 1. The molecule has 1 atom stereocenters. The minimum atomic E-state index is -0.618. The molecule has 2 heterocycles. The highest BCUT2D eigenvalue weighted by atomic mass is 16.2. The molecule has 1 aliphatic heterocycles. The number of nitrogens with zero attached hydrogens (tertiary/aromatic N) is 3. The molecule has 0 aliphatic carbocycles. The van der Waals surface area contributed by atoms with Crippen LogP contribution in [0.15, 0.2) is 6.07 Å². The van der Waals surface area contributed by atoms with E-state index in [-0.39, 0.29) is 18.2 Å². The van der Waals surface area contributed by atoms with Crippen LogP contribution in [0.3, 0.4) is 0 Å². The molecule has 7 heteroatoms. The van der Waals surface area contributed by atoms with Crippen LogP contribution in [-0.2, 0) is 16.6 Å². The summed E-state index contributed by atoms with van der Waals surface area (Å²) in [6.07, 6.45) is 0.591. The number of piperidine rings is 1. The number of aryl methyl sites for hydroxylation is 2. The van der Waals surface area contributed by atoms with Crippen molar-refractivity contribution >= 4 is 17.7 Å². The van der Waals surface area contributed by atoms with E-state index in [1.54, 1.807) is 24.8 Å². The van der Waals surface area contributed by atoms with Gasteiger partial charge in [-0.15, -0.1) is 0 Å². The van der Waals surface area contributed by atoms with Crippen LogP contribution in [0.5, 0.6) is 0 Å². The number of rotatable bonds is 2. The molecule has 1 fully saturated rings. The summed E-state index contributed by atoms with van der Waals surface area (Å²) in [5.74, 6) is -1.05. The average molecular weight is 264 g/mol. The van der Waals surface area contributed by atoms with Gasteiger partial charge in [0.25, 0.3) is 5.91 Å². The first-order chi connectivity index (χ1) is 8.90. The van der Waals surface area contributed by atoms with Crippen molar-refractivity contribution in [1.29, 1.82) is 0 Å². The molecule has 1 N–H and O–H groups in total. The molecule has 1 aromatic heterocycles. The quantitative estimate of drug-likeness (QED) is 0.737. The Balaban J connectivity index is 2.15. The minimum Gasteiger partial charge on any atom is -0.328 e. The SMILES string of the molecule is Cc1cc(C(=O)N(C)C2CCC(=O)NC2=O)nn1C. The zero-order valence-electron chi connectivity index (χ0n) is 11.1. The molecule has 1 aliphatic rings. The highest BCUT2D eigenvalue weighted by Crippen LogP contribution is 2.14. The number of nitrogens with one attached hydrogen (secondary N) is 1. The minimum absolute atomic E-state index is 0.245. The largest absolute Gasteiger partial charge is 0.328 e. The predicted octanol–water partition coefficient (Wildman–Crippen LogP) is -0.394. The van der Waals surface area contributed by atoms with Crippen LogP contribution >= 0.6 is 0 Å². The zero-order valence-corrected chi connectivity index (χ0v) is 11.1. The van der Waals surface area contributed by atoms with E-state index in [2.05, 4.69) is 10.4 Å². The van der Waals surface area contributed by atoms with Gasteiger partial charge in [-0.05, 0) is 19.4 Å². The molecule has 0 radical (unpaired) electrons. The summed E-state index contributed by atoms with van der Waals surface area (Å²) in [7, 11) is 3.30. The second-order valence-corrected chi connectivity index (χ2v) is 4.68. The van der Waals surface area contributed by atoms with Crippen LogP contribution < -0.4 is 5.32 Å². The number of carbonyl (C=O) groups is 3. The van der Waals surface area contributed by atoms with Gasteiger partial charge in [-0.2, -0.15) is 5.10 Å². The molecular weight excluding hydrogens is 248 g/mol. The lowest BCUT2D eigenvalue weighted by Crippen LogP contribution is -2.52. The van der Waals surface area contributed by atoms with Gasteiger partial charge in [0.2, 0.25) is 11.8 Å². The number of hydrogen-bond donors (Lipinski definition) is 1. The van der Waals surface area contributed by atoms with Gasteiger partial charge in [0.15, 0.2) is 5.69 Å². The zero-order chi connectivity index (χ0) is 14.2. The Hall–Kier alpha value is -2.18. The topological polar surface area (TPSA) is 84.3 Å². The maximum Gasteiger partial charge on any atom is 0.274 e. The Morgan fingerprint density at radius 2 is 2.21 bits per heavy atom. The van der Waals surface area contributed by atoms with Gasteiger partial charge in [0.05, 0.1) is 0 Å². The Morgan fingerprint density at radius 1 is 1.53 bits per heavy atom. The molecule has 102 valence electrons. The van der Waals surface area contributed by atoms with Crippen molar-refractivity contribution in [3.63, 3.8) is 0 Å². The van der Waals surface area contributed by atoms with E-state index in [1.165, 1.54) is 4.90 Å². The Bertz CT molecular complexity index is 530. The van der Waals surface area contributed by atoms with E-state index in [0.29, 0.717) is 12.1 Å². The number of likely N-dealkylation sites (N-methyl/N-ethyl adjacent to an activating group) is 1. The maximum absolute atomic E-state index is 12.2. The van der Waals surface area contributed by atoms with Gasteiger partial charge in [-0.1, -0.05) is 0 Å². The lowest BCUT2D eigenvalue weighted by molar-refractivity contribution is -0.136. The van der Waals surface area contributed by atoms with E-state index in [9.17, 15) is 14.4 Å². The summed E-state index contributed by atoms with van der Waals surface area (Å²) in [5, 5.41) is 6.33. The summed E-state index contributed by atoms with van der Waals surface area (Å²) in [6, 6.07) is 1.05. The van der Waals surface area contributed by atoms with Crippen molar-refractivity contribution in [2.45, 2.75) is 25.8 Å². The molecule has 2 rings (SSSR count). The fraction of sp³-hybridized carbons (Fsp3) is 0.500. The van der Waals surface area contributed by atoms with E-state index < -0.39 is 11.9 Å².